The minimum atomic E-state index is -1.53. The van der Waals surface area contributed by atoms with Gasteiger partial charge in [-0.15, -0.1) is 0 Å². The third-order valence-electron chi connectivity index (χ3n) is 8.13. The highest BCUT2D eigenvalue weighted by molar-refractivity contribution is 6.34. The average Bonchev–Trinajstić information content (AvgIpc) is 3.14. The van der Waals surface area contributed by atoms with Gasteiger partial charge in [-0.1, -0.05) is 35.3 Å². The Balaban J connectivity index is 1.30. The first kappa shape index (κ1) is 29.4. The zero-order valence-corrected chi connectivity index (χ0v) is 25.3. The maximum absolute atomic E-state index is 15.0. The molecule has 1 unspecified atom stereocenters. The number of hydrogen-bond acceptors (Lipinski definition) is 6. The van der Waals surface area contributed by atoms with Crippen molar-refractivity contribution in [1.82, 2.24) is 19.8 Å². The van der Waals surface area contributed by atoms with Gasteiger partial charge in [0.05, 0.1) is 28.5 Å². The third-order valence-corrected chi connectivity index (χ3v) is 8.70. The van der Waals surface area contributed by atoms with Gasteiger partial charge in [0.2, 0.25) is 5.95 Å². The summed E-state index contributed by atoms with van der Waals surface area (Å²) in [6, 6.07) is 10.7. The second-order valence-corrected chi connectivity index (χ2v) is 11.9. The maximum atomic E-state index is 15.0. The molecule has 222 valence electrons. The second-order valence-electron chi connectivity index (χ2n) is 11.1. The van der Waals surface area contributed by atoms with Gasteiger partial charge in [-0.2, -0.15) is 0 Å². The molecule has 1 aliphatic carbocycles. The van der Waals surface area contributed by atoms with Crippen LogP contribution < -0.4 is 5.32 Å². The summed E-state index contributed by atoms with van der Waals surface area (Å²) >= 11 is 12.8. The molecule has 1 fully saturated rings. The number of carbonyl (C=O) groups is 1. The Kier molecular flexibility index (Phi) is 8.31. The van der Waals surface area contributed by atoms with E-state index >= 15 is 0 Å². The van der Waals surface area contributed by atoms with Crippen molar-refractivity contribution in [2.75, 3.05) is 32.5 Å². The van der Waals surface area contributed by atoms with E-state index in [-0.39, 0.29) is 36.1 Å². The van der Waals surface area contributed by atoms with E-state index < -0.39 is 12.0 Å². The van der Waals surface area contributed by atoms with Gasteiger partial charge in [-0.25, -0.2) is 18.7 Å². The number of amides is 1. The molecule has 0 radical (unpaired) electrons. The Morgan fingerprint density at radius 1 is 1.09 bits per heavy atom. The van der Waals surface area contributed by atoms with E-state index in [4.69, 9.17) is 28.2 Å². The van der Waals surface area contributed by atoms with Crippen LogP contribution in [0.25, 0.3) is 11.3 Å². The van der Waals surface area contributed by atoms with Gasteiger partial charge < -0.3 is 15.1 Å². The number of allylic oxidation sites excluding steroid dienone is 4. The van der Waals surface area contributed by atoms with Gasteiger partial charge in [0, 0.05) is 64.7 Å². The first-order chi connectivity index (χ1) is 20.7. The van der Waals surface area contributed by atoms with E-state index in [1.54, 1.807) is 42.6 Å². The lowest BCUT2D eigenvalue weighted by atomic mass is 9.90. The highest BCUT2D eigenvalue weighted by Crippen LogP contribution is 2.37. The van der Waals surface area contributed by atoms with Crippen LogP contribution in [0.3, 0.4) is 0 Å². The summed E-state index contributed by atoms with van der Waals surface area (Å²) in [5.41, 5.74) is 3.52. The summed E-state index contributed by atoms with van der Waals surface area (Å²) in [6.07, 6.45) is 4.74. The van der Waals surface area contributed by atoms with E-state index in [9.17, 15) is 13.6 Å². The standard InChI is InChI=1S/C32H30Cl2F2N6O/c1-41(2)21-10-12-42(13-11-21)31(43)24-15-20(7-9-25(24)34)39-32-38-17-18-16-37-30(28-26(35)4-3-5-27(28)36)23-14-19(33)6-8-22(23)29(18)40-32/h3-4,6-9,14-15,17,21,27H,5,10-13,16H2,1-2H3,(H,38,39,40). The molecule has 7 nitrogen and oxygen atoms in total. The molecule has 1 aromatic heterocycles. The predicted molar refractivity (Wildman–Crippen MR) is 167 cm³/mol. The zero-order chi connectivity index (χ0) is 30.2. The van der Waals surface area contributed by atoms with Crippen molar-refractivity contribution < 1.29 is 13.6 Å². The highest BCUT2D eigenvalue weighted by atomic mass is 35.5. The monoisotopic (exact) mass is 622 g/mol. The number of benzene rings is 2. The molecule has 0 saturated carbocycles. The number of piperidine rings is 1. The highest BCUT2D eigenvalue weighted by Gasteiger charge is 2.30. The Labute approximate surface area is 258 Å². The Hall–Kier alpha value is -3.66. The van der Waals surface area contributed by atoms with Crippen LogP contribution in [0.2, 0.25) is 10.0 Å². The summed E-state index contributed by atoms with van der Waals surface area (Å²) in [5, 5.41) is 3.97. The number of aromatic nitrogens is 2. The largest absolute Gasteiger partial charge is 0.338 e. The van der Waals surface area contributed by atoms with Gasteiger partial charge in [-0.05, 0) is 63.3 Å². The van der Waals surface area contributed by atoms with Crippen LogP contribution in [0.15, 0.2) is 71.1 Å². The van der Waals surface area contributed by atoms with Crippen molar-refractivity contribution in [2.45, 2.75) is 38.0 Å². The molecule has 11 heteroatoms. The molecule has 3 heterocycles. The van der Waals surface area contributed by atoms with Gasteiger partial charge in [0.25, 0.3) is 5.91 Å². The molecule has 0 bridgehead atoms. The predicted octanol–water partition coefficient (Wildman–Crippen LogP) is 7.18. The number of carbonyl (C=O) groups excluding carboxylic acids is 1. The number of hydrogen-bond donors (Lipinski definition) is 1. The SMILES string of the molecule is CN(C)C1CCN(C(=O)c2cc(Nc3ncc4c(n3)-c3ccc(Cl)cc3C(C3=C(F)C=CCC3F)=NC4)ccc2Cl)CC1. The fourth-order valence-corrected chi connectivity index (χ4v) is 6.15. The maximum Gasteiger partial charge on any atom is 0.255 e. The summed E-state index contributed by atoms with van der Waals surface area (Å²) in [4.78, 5) is 31.3. The van der Waals surface area contributed by atoms with E-state index in [0.717, 1.165) is 12.8 Å². The Morgan fingerprint density at radius 3 is 2.63 bits per heavy atom. The average molecular weight is 624 g/mol. The van der Waals surface area contributed by atoms with E-state index in [1.165, 1.54) is 12.2 Å². The molecule has 1 amide bonds. The lowest BCUT2D eigenvalue weighted by molar-refractivity contribution is 0.0663. The molecule has 2 aromatic carbocycles. The van der Waals surface area contributed by atoms with Crippen molar-refractivity contribution in [3.63, 3.8) is 0 Å². The van der Waals surface area contributed by atoms with Crippen LogP contribution in [0.4, 0.5) is 20.4 Å². The fourth-order valence-electron chi connectivity index (χ4n) is 5.78. The minimum absolute atomic E-state index is 0.0679. The molecule has 2 aliphatic heterocycles. The molecule has 1 saturated heterocycles. The Morgan fingerprint density at radius 2 is 1.88 bits per heavy atom. The first-order valence-electron chi connectivity index (χ1n) is 14.1. The second kappa shape index (κ2) is 12.1. The van der Waals surface area contributed by atoms with E-state index in [0.29, 0.717) is 62.8 Å². The molecule has 3 aliphatic rings. The molecule has 1 N–H and O–H groups in total. The lowest BCUT2D eigenvalue weighted by Crippen LogP contribution is -2.44. The smallest absolute Gasteiger partial charge is 0.255 e. The summed E-state index contributed by atoms with van der Waals surface area (Å²) in [5.74, 6) is -0.489. The van der Waals surface area contributed by atoms with Crippen molar-refractivity contribution in [3.8, 4) is 11.3 Å². The van der Waals surface area contributed by atoms with Gasteiger partial charge in [0.15, 0.2) is 0 Å². The third kappa shape index (κ3) is 5.94. The number of likely N-dealkylation sites (tertiary alicyclic amines) is 1. The lowest BCUT2D eigenvalue weighted by Gasteiger charge is -2.35. The van der Waals surface area contributed by atoms with Crippen LogP contribution in [0, 0.1) is 0 Å². The summed E-state index contributed by atoms with van der Waals surface area (Å²) < 4.78 is 29.9. The number of fused-ring (bicyclic) bond motifs is 3. The molecular weight excluding hydrogens is 593 g/mol. The molecule has 3 aromatic rings. The number of alkyl halides is 1. The summed E-state index contributed by atoms with van der Waals surface area (Å²) in [7, 11) is 4.12. The number of aliphatic imine (C=N–C) groups is 1. The van der Waals surface area contributed by atoms with Crippen LogP contribution in [0.5, 0.6) is 0 Å². The van der Waals surface area contributed by atoms with Crippen molar-refractivity contribution in [2.24, 2.45) is 4.99 Å². The van der Waals surface area contributed by atoms with Crippen LogP contribution in [-0.2, 0) is 6.54 Å². The van der Waals surface area contributed by atoms with Crippen LogP contribution in [0.1, 0.15) is 40.7 Å². The normalized spacial score (nSPS) is 18.7. The molecular formula is C32H30Cl2F2N6O. The van der Waals surface area contributed by atoms with Gasteiger partial charge >= 0.3 is 0 Å². The molecule has 1 atom stereocenters. The number of nitrogens with one attached hydrogen (secondary N) is 1. The number of anilines is 2. The Bertz CT molecular complexity index is 1680. The molecule has 43 heavy (non-hydrogen) atoms. The quantitative estimate of drug-likeness (QED) is 0.326. The number of rotatable bonds is 5. The molecule has 6 rings (SSSR count). The summed E-state index contributed by atoms with van der Waals surface area (Å²) in [6.45, 7) is 1.46. The fraction of sp³-hybridized carbons (Fsp3) is 0.312. The topological polar surface area (TPSA) is 73.7 Å². The number of nitrogens with zero attached hydrogens (tertiary/aromatic N) is 5. The van der Waals surface area contributed by atoms with Crippen LogP contribution in [-0.4, -0.2) is 70.8 Å². The number of halogens is 4. The molecule has 0 spiro atoms. The van der Waals surface area contributed by atoms with Crippen LogP contribution >= 0.6 is 23.2 Å². The van der Waals surface area contributed by atoms with E-state index in [1.807, 2.05) is 4.90 Å². The first-order valence-corrected chi connectivity index (χ1v) is 14.9. The minimum Gasteiger partial charge on any atom is -0.338 e. The van der Waals surface area contributed by atoms with Crippen molar-refractivity contribution in [1.29, 1.82) is 0 Å². The van der Waals surface area contributed by atoms with E-state index in [2.05, 4.69) is 34.3 Å². The van der Waals surface area contributed by atoms with Crippen molar-refractivity contribution in [3.05, 3.63) is 92.9 Å². The van der Waals surface area contributed by atoms with Gasteiger partial charge in [-0.3, -0.25) is 9.79 Å². The van der Waals surface area contributed by atoms with Crippen molar-refractivity contribution >= 4 is 46.5 Å². The van der Waals surface area contributed by atoms with Gasteiger partial charge in [0.1, 0.15) is 12.0 Å². The zero-order valence-electron chi connectivity index (χ0n) is 23.7.